The van der Waals surface area contributed by atoms with E-state index in [1.807, 2.05) is 6.07 Å². The quantitative estimate of drug-likeness (QED) is 0.679. The monoisotopic (exact) mass is 261 g/mol. The second-order valence-electron chi connectivity index (χ2n) is 3.93. The highest BCUT2D eigenvalue weighted by atomic mass is 35.5. The minimum absolute atomic E-state index is 0.0248. The molecule has 0 aliphatic rings. The van der Waals surface area contributed by atoms with Gasteiger partial charge in [0.05, 0.1) is 5.56 Å². The number of halogens is 1. The smallest absolute Gasteiger partial charge is 0.166 e. The number of carbonyl (C=O) groups excluding carboxylic acids is 1. The molecule has 0 spiro atoms. The third-order valence-electron chi connectivity index (χ3n) is 2.63. The Morgan fingerprint density at radius 2 is 2.00 bits per heavy atom. The number of benzene rings is 1. The van der Waals surface area contributed by atoms with Crippen LogP contribution in [0.15, 0.2) is 42.6 Å². The van der Waals surface area contributed by atoms with Gasteiger partial charge in [0.1, 0.15) is 10.9 Å². The van der Waals surface area contributed by atoms with Crippen LogP contribution in [0.25, 0.3) is 0 Å². The van der Waals surface area contributed by atoms with Gasteiger partial charge in [-0.3, -0.25) is 4.79 Å². The molecule has 0 amide bonds. The number of nitrogens with zero attached hydrogens (tertiary/aromatic N) is 1. The molecule has 0 bridgehead atoms. The highest BCUT2D eigenvalue weighted by Crippen LogP contribution is 2.18. The molecule has 3 nitrogen and oxygen atoms in total. The van der Waals surface area contributed by atoms with Crippen molar-refractivity contribution in [2.45, 2.75) is 12.8 Å². The van der Waals surface area contributed by atoms with Crippen molar-refractivity contribution in [3.05, 3.63) is 58.9 Å². The predicted octanol–water partition coefficient (Wildman–Crippen LogP) is 3.26. The summed E-state index contributed by atoms with van der Waals surface area (Å²) >= 11 is 5.68. The Hall–Kier alpha value is -1.87. The Morgan fingerprint density at radius 1 is 1.22 bits per heavy atom. The first-order chi connectivity index (χ1) is 8.66. The van der Waals surface area contributed by atoms with Crippen LogP contribution in [0.2, 0.25) is 5.15 Å². The molecular formula is C14H12ClNO2. The van der Waals surface area contributed by atoms with Crippen LogP contribution in [-0.4, -0.2) is 15.9 Å². The fraction of sp³-hybridized carbons (Fsp3) is 0.143. The number of ketones is 1. The van der Waals surface area contributed by atoms with Crippen LogP contribution in [0.5, 0.6) is 5.75 Å². The van der Waals surface area contributed by atoms with Gasteiger partial charge in [-0.05, 0) is 30.2 Å². The molecule has 0 unspecified atom stereocenters. The SMILES string of the molecule is O=C(CCc1ccc(Cl)nc1)c1ccccc1O. The number of phenols is 1. The number of hydrogen-bond donors (Lipinski definition) is 1. The average Bonchev–Trinajstić information content (AvgIpc) is 2.38. The van der Waals surface area contributed by atoms with E-state index in [9.17, 15) is 9.90 Å². The zero-order valence-corrected chi connectivity index (χ0v) is 10.4. The van der Waals surface area contributed by atoms with Gasteiger partial charge in [0, 0.05) is 12.6 Å². The molecule has 1 aromatic heterocycles. The van der Waals surface area contributed by atoms with Crippen LogP contribution in [-0.2, 0) is 6.42 Å². The van der Waals surface area contributed by atoms with Crippen molar-refractivity contribution < 1.29 is 9.90 Å². The maximum Gasteiger partial charge on any atom is 0.166 e. The minimum Gasteiger partial charge on any atom is -0.507 e. The van der Waals surface area contributed by atoms with Crippen molar-refractivity contribution in [1.29, 1.82) is 0 Å². The number of aryl methyl sites for hydroxylation is 1. The first-order valence-electron chi connectivity index (χ1n) is 5.58. The molecule has 4 heteroatoms. The van der Waals surface area contributed by atoms with Crippen molar-refractivity contribution in [2.24, 2.45) is 0 Å². The predicted molar refractivity (Wildman–Crippen MR) is 70.0 cm³/mol. The van der Waals surface area contributed by atoms with E-state index in [1.54, 1.807) is 30.5 Å². The van der Waals surface area contributed by atoms with Crippen molar-refractivity contribution >= 4 is 17.4 Å². The van der Waals surface area contributed by atoms with E-state index in [0.717, 1.165) is 5.56 Å². The van der Waals surface area contributed by atoms with E-state index in [2.05, 4.69) is 4.98 Å². The first-order valence-corrected chi connectivity index (χ1v) is 5.96. The molecule has 2 aromatic rings. The zero-order valence-electron chi connectivity index (χ0n) is 9.64. The van der Waals surface area contributed by atoms with Crippen molar-refractivity contribution in [2.75, 3.05) is 0 Å². The molecule has 0 saturated carbocycles. The van der Waals surface area contributed by atoms with E-state index < -0.39 is 0 Å². The molecule has 18 heavy (non-hydrogen) atoms. The van der Waals surface area contributed by atoms with Crippen molar-refractivity contribution in [3.63, 3.8) is 0 Å². The summed E-state index contributed by atoms with van der Waals surface area (Å²) < 4.78 is 0. The van der Waals surface area contributed by atoms with Crippen LogP contribution in [0, 0.1) is 0 Å². The van der Waals surface area contributed by atoms with Crippen molar-refractivity contribution in [3.8, 4) is 5.75 Å². The van der Waals surface area contributed by atoms with Gasteiger partial charge in [-0.15, -0.1) is 0 Å². The zero-order chi connectivity index (χ0) is 13.0. The van der Waals surface area contributed by atoms with E-state index in [0.29, 0.717) is 23.6 Å². The van der Waals surface area contributed by atoms with Crippen LogP contribution >= 0.6 is 11.6 Å². The number of hydrogen-bond acceptors (Lipinski definition) is 3. The maximum atomic E-state index is 11.9. The number of carbonyl (C=O) groups is 1. The number of pyridine rings is 1. The number of rotatable bonds is 4. The average molecular weight is 262 g/mol. The minimum atomic E-state index is -0.0805. The van der Waals surface area contributed by atoms with Gasteiger partial charge in [-0.25, -0.2) is 4.98 Å². The fourth-order valence-electron chi connectivity index (χ4n) is 1.66. The molecule has 1 N–H and O–H groups in total. The third-order valence-corrected chi connectivity index (χ3v) is 2.86. The molecule has 92 valence electrons. The summed E-state index contributed by atoms with van der Waals surface area (Å²) in [5.41, 5.74) is 1.31. The standard InChI is InChI=1S/C14H12ClNO2/c15-14-8-6-10(9-16-14)5-7-13(18)11-3-1-2-4-12(11)17/h1-4,6,8-9,17H,5,7H2. The topological polar surface area (TPSA) is 50.2 Å². The Kier molecular flexibility index (Phi) is 3.95. The summed E-state index contributed by atoms with van der Waals surface area (Å²) in [5.74, 6) is -0.0558. The highest BCUT2D eigenvalue weighted by molar-refractivity contribution is 6.29. The van der Waals surface area contributed by atoms with Gasteiger partial charge in [-0.1, -0.05) is 29.8 Å². The normalized spacial score (nSPS) is 10.3. The summed E-state index contributed by atoms with van der Waals surface area (Å²) in [5, 5.41) is 10.00. The molecular weight excluding hydrogens is 250 g/mol. The van der Waals surface area contributed by atoms with Crippen LogP contribution in [0.3, 0.4) is 0 Å². The van der Waals surface area contributed by atoms with E-state index in [-0.39, 0.29) is 11.5 Å². The Morgan fingerprint density at radius 3 is 2.67 bits per heavy atom. The Bertz CT molecular complexity index is 552. The van der Waals surface area contributed by atoms with Crippen molar-refractivity contribution in [1.82, 2.24) is 4.98 Å². The van der Waals surface area contributed by atoms with E-state index >= 15 is 0 Å². The molecule has 1 heterocycles. The number of phenolic OH excluding ortho intramolecular Hbond substituents is 1. The largest absolute Gasteiger partial charge is 0.507 e. The number of para-hydroxylation sites is 1. The lowest BCUT2D eigenvalue weighted by Crippen LogP contribution is -2.01. The van der Waals surface area contributed by atoms with Crippen LogP contribution in [0.4, 0.5) is 0 Å². The van der Waals surface area contributed by atoms with Gasteiger partial charge in [0.15, 0.2) is 5.78 Å². The van der Waals surface area contributed by atoms with Gasteiger partial charge in [-0.2, -0.15) is 0 Å². The molecule has 2 rings (SSSR count). The summed E-state index contributed by atoms with van der Waals surface area (Å²) in [4.78, 5) is 15.9. The number of Topliss-reactive ketones (excluding diaryl/α,β-unsaturated/α-hetero) is 1. The lowest BCUT2D eigenvalue weighted by Gasteiger charge is -2.03. The first kappa shape index (κ1) is 12.6. The van der Waals surface area contributed by atoms with E-state index in [1.165, 1.54) is 6.07 Å². The summed E-state index contributed by atoms with van der Waals surface area (Å²) in [7, 11) is 0. The molecule has 0 radical (unpaired) electrons. The summed E-state index contributed by atoms with van der Waals surface area (Å²) in [6.45, 7) is 0. The third kappa shape index (κ3) is 3.08. The van der Waals surface area contributed by atoms with Gasteiger partial charge in [0.2, 0.25) is 0 Å². The lowest BCUT2D eigenvalue weighted by molar-refractivity contribution is 0.0980. The van der Waals surface area contributed by atoms with Gasteiger partial charge >= 0.3 is 0 Å². The highest BCUT2D eigenvalue weighted by Gasteiger charge is 2.10. The summed E-state index contributed by atoms with van der Waals surface area (Å²) in [6, 6.07) is 10.1. The summed E-state index contributed by atoms with van der Waals surface area (Å²) in [6.07, 6.45) is 2.57. The molecule has 0 aliphatic carbocycles. The van der Waals surface area contributed by atoms with Crippen LogP contribution in [0.1, 0.15) is 22.3 Å². The maximum absolute atomic E-state index is 11.9. The van der Waals surface area contributed by atoms with Crippen LogP contribution < -0.4 is 0 Å². The number of aromatic nitrogens is 1. The van der Waals surface area contributed by atoms with Gasteiger partial charge in [0.25, 0.3) is 0 Å². The molecule has 0 saturated heterocycles. The second kappa shape index (κ2) is 5.65. The molecule has 1 aromatic carbocycles. The fourth-order valence-corrected chi connectivity index (χ4v) is 1.77. The van der Waals surface area contributed by atoms with E-state index in [4.69, 9.17) is 11.6 Å². The Balaban J connectivity index is 2.01. The molecule has 0 fully saturated rings. The second-order valence-corrected chi connectivity index (χ2v) is 4.32. The lowest BCUT2D eigenvalue weighted by atomic mass is 10.0. The molecule has 0 aliphatic heterocycles. The van der Waals surface area contributed by atoms with Gasteiger partial charge < -0.3 is 5.11 Å². The molecule has 0 atom stereocenters. The Labute approximate surface area is 110 Å². The number of aromatic hydroxyl groups is 1.